The summed E-state index contributed by atoms with van der Waals surface area (Å²) in [5.41, 5.74) is 0.750. The minimum Gasteiger partial charge on any atom is -0.467 e. The predicted molar refractivity (Wildman–Crippen MR) is 73.1 cm³/mol. The van der Waals surface area contributed by atoms with Gasteiger partial charge in [-0.3, -0.25) is 4.79 Å². The lowest BCUT2D eigenvalue weighted by Gasteiger charge is -2.15. The highest BCUT2D eigenvalue weighted by Crippen LogP contribution is 2.01. The molecule has 0 unspecified atom stereocenters. The van der Waals surface area contributed by atoms with Gasteiger partial charge in [0, 0.05) is 43.7 Å². The number of nitrogens with one attached hydrogen (secondary N) is 2. The normalized spacial score (nSPS) is 11.9. The van der Waals surface area contributed by atoms with Gasteiger partial charge >= 0.3 is 5.97 Å². The Balaban J connectivity index is 1.88. The summed E-state index contributed by atoms with van der Waals surface area (Å²) < 4.78 is 6.50. The fourth-order valence-electron chi connectivity index (χ4n) is 1.87. The lowest BCUT2D eigenvalue weighted by molar-refractivity contribution is -0.145. The number of nitrogens with zero attached hydrogens (tertiary/aromatic N) is 3. The number of carbonyl (C=O) groups is 2. The first-order valence-electron chi connectivity index (χ1n) is 6.49. The van der Waals surface area contributed by atoms with Crippen LogP contribution < -0.4 is 5.32 Å². The molecular weight excluding hydrogens is 274 g/mol. The molecule has 0 saturated heterocycles. The summed E-state index contributed by atoms with van der Waals surface area (Å²) in [5, 5.41) is 2.67. The molecule has 1 amide bonds. The summed E-state index contributed by atoms with van der Waals surface area (Å²) in [6, 6.07) is -0.731. The molecule has 21 heavy (non-hydrogen) atoms. The lowest BCUT2D eigenvalue weighted by atomic mass is 10.1. The van der Waals surface area contributed by atoms with Gasteiger partial charge in [-0.25, -0.2) is 14.8 Å². The van der Waals surface area contributed by atoms with Crippen molar-refractivity contribution >= 4 is 11.9 Å². The van der Waals surface area contributed by atoms with Gasteiger partial charge in [-0.1, -0.05) is 0 Å². The van der Waals surface area contributed by atoms with Crippen LogP contribution in [0.2, 0.25) is 0 Å². The summed E-state index contributed by atoms with van der Waals surface area (Å²) in [6.45, 7) is 0.504. The molecule has 2 rings (SSSR count). The predicted octanol–water partition coefficient (Wildman–Crippen LogP) is -0.103. The summed E-state index contributed by atoms with van der Waals surface area (Å²) >= 11 is 0. The molecule has 0 aromatic carbocycles. The molecule has 2 aromatic rings. The zero-order valence-electron chi connectivity index (χ0n) is 11.7. The molecule has 0 spiro atoms. The van der Waals surface area contributed by atoms with Crippen molar-refractivity contribution in [3.63, 3.8) is 0 Å². The first-order valence-corrected chi connectivity index (χ1v) is 6.49. The number of rotatable bonds is 7. The highest BCUT2D eigenvalue weighted by atomic mass is 16.5. The van der Waals surface area contributed by atoms with E-state index in [4.69, 9.17) is 4.74 Å². The fraction of sp³-hybridized carbons (Fsp3) is 0.385. The van der Waals surface area contributed by atoms with Gasteiger partial charge in [-0.15, -0.1) is 0 Å². The van der Waals surface area contributed by atoms with E-state index in [-0.39, 0.29) is 12.3 Å². The van der Waals surface area contributed by atoms with Crippen molar-refractivity contribution in [2.24, 2.45) is 0 Å². The standard InChI is InChI=1S/C13H17N5O3/c1-21-13(20)11(6-10-7-15-8-16-10)17-12(19)2-4-18-5-3-14-9-18/h3,5,7-9,11H,2,4,6H2,1H3,(H,15,16)(H,17,19)/t11-/m0/s1. The molecule has 0 radical (unpaired) electrons. The van der Waals surface area contributed by atoms with Crippen LogP contribution in [0.25, 0.3) is 0 Å². The van der Waals surface area contributed by atoms with E-state index in [1.165, 1.54) is 13.4 Å². The number of aromatic amines is 1. The number of H-pyrrole nitrogens is 1. The van der Waals surface area contributed by atoms with Crippen molar-refractivity contribution in [3.05, 3.63) is 36.9 Å². The maximum Gasteiger partial charge on any atom is 0.328 e. The number of hydrogen-bond donors (Lipinski definition) is 2. The number of methoxy groups -OCH3 is 1. The van der Waals surface area contributed by atoms with Crippen LogP contribution in [0.15, 0.2) is 31.2 Å². The minimum absolute atomic E-state index is 0.224. The minimum atomic E-state index is -0.731. The molecule has 2 aromatic heterocycles. The number of aryl methyl sites for hydroxylation is 1. The molecule has 0 aliphatic rings. The number of imidazole rings is 2. The van der Waals surface area contributed by atoms with Gasteiger partial charge in [0.1, 0.15) is 6.04 Å². The second kappa shape index (κ2) is 7.22. The van der Waals surface area contributed by atoms with E-state index in [9.17, 15) is 9.59 Å². The monoisotopic (exact) mass is 291 g/mol. The van der Waals surface area contributed by atoms with E-state index in [1.807, 2.05) is 0 Å². The van der Waals surface area contributed by atoms with Gasteiger partial charge < -0.3 is 19.6 Å². The Hall–Kier alpha value is -2.64. The molecule has 0 saturated carbocycles. The fourth-order valence-corrected chi connectivity index (χ4v) is 1.87. The van der Waals surface area contributed by atoms with Crippen LogP contribution in [0.1, 0.15) is 12.1 Å². The first-order chi connectivity index (χ1) is 10.2. The second-order valence-electron chi connectivity index (χ2n) is 4.47. The van der Waals surface area contributed by atoms with Crippen molar-refractivity contribution in [3.8, 4) is 0 Å². The Morgan fingerprint density at radius 3 is 2.95 bits per heavy atom. The van der Waals surface area contributed by atoms with Crippen LogP contribution in [-0.4, -0.2) is 44.5 Å². The molecule has 112 valence electrons. The molecular formula is C13H17N5O3. The molecule has 8 nitrogen and oxygen atoms in total. The Morgan fingerprint density at radius 1 is 1.48 bits per heavy atom. The number of carbonyl (C=O) groups excluding carboxylic acids is 2. The van der Waals surface area contributed by atoms with Gasteiger partial charge in [0.25, 0.3) is 0 Å². The molecule has 2 heterocycles. The van der Waals surface area contributed by atoms with Gasteiger partial charge in [0.15, 0.2) is 0 Å². The Morgan fingerprint density at radius 2 is 2.33 bits per heavy atom. The van der Waals surface area contributed by atoms with Gasteiger partial charge in [-0.2, -0.15) is 0 Å². The van der Waals surface area contributed by atoms with E-state index in [2.05, 4.69) is 20.3 Å². The average molecular weight is 291 g/mol. The van der Waals surface area contributed by atoms with Crippen LogP contribution >= 0.6 is 0 Å². The summed E-state index contributed by atoms with van der Waals surface area (Å²) in [6.07, 6.45) is 8.74. The molecule has 0 aliphatic heterocycles. The third-order valence-electron chi connectivity index (χ3n) is 2.96. The zero-order valence-corrected chi connectivity index (χ0v) is 11.7. The van der Waals surface area contributed by atoms with Crippen LogP contribution in [-0.2, 0) is 27.3 Å². The number of esters is 1. The second-order valence-corrected chi connectivity index (χ2v) is 4.47. The van der Waals surface area contributed by atoms with Crippen molar-refractivity contribution in [1.82, 2.24) is 24.8 Å². The Bertz CT molecular complexity index is 565. The molecule has 1 atom stereocenters. The third-order valence-corrected chi connectivity index (χ3v) is 2.96. The van der Waals surface area contributed by atoms with E-state index < -0.39 is 12.0 Å². The van der Waals surface area contributed by atoms with Crippen molar-refractivity contribution in [1.29, 1.82) is 0 Å². The lowest BCUT2D eigenvalue weighted by Crippen LogP contribution is -2.43. The Labute approximate surface area is 121 Å². The van der Waals surface area contributed by atoms with Crippen molar-refractivity contribution in [2.45, 2.75) is 25.4 Å². The average Bonchev–Trinajstić information content (AvgIpc) is 3.16. The Kier molecular flexibility index (Phi) is 5.08. The molecule has 0 aliphatic carbocycles. The highest BCUT2D eigenvalue weighted by molar-refractivity contribution is 5.84. The van der Waals surface area contributed by atoms with Crippen LogP contribution in [0.4, 0.5) is 0 Å². The first kappa shape index (κ1) is 14.8. The van der Waals surface area contributed by atoms with E-state index in [0.717, 1.165) is 5.69 Å². The highest BCUT2D eigenvalue weighted by Gasteiger charge is 2.22. The van der Waals surface area contributed by atoms with Gasteiger partial charge in [-0.05, 0) is 0 Å². The summed E-state index contributed by atoms with van der Waals surface area (Å²) in [4.78, 5) is 34.3. The van der Waals surface area contributed by atoms with E-state index in [1.54, 1.807) is 29.5 Å². The topological polar surface area (TPSA) is 102 Å². The van der Waals surface area contributed by atoms with Gasteiger partial charge in [0.2, 0.25) is 5.91 Å². The van der Waals surface area contributed by atoms with Crippen LogP contribution in [0.5, 0.6) is 0 Å². The van der Waals surface area contributed by atoms with E-state index in [0.29, 0.717) is 13.0 Å². The quantitative estimate of drug-likeness (QED) is 0.693. The van der Waals surface area contributed by atoms with Gasteiger partial charge in [0.05, 0.1) is 19.8 Å². The number of amides is 1. The number of aromatic nitrogens is 4. The molecule has 8 heteroatoms. The van der Waals surface area contributed by atoms with Crippen LogP contribution in [0.3, 0.4) is 0 Å². The van der Waals surface area contributed by atoms with Crippen molar-refractivity contribution in [2.75, 3.05) is 7.11 Å². The number of hydrogen-bond acceptors (Lipinski definition) is 5. The molecule has 2 N–H and O–H groups in total. The smallest absolute Gasteiger partial charge is 0.328 e. The van der Waals surface area contributed by atoms with Crippen LogP contribution in [0, 0.1) is 0 Å². The SMILES string of the molecule is COC(=O)[C@H](Cc1cnc[nH]1)NC(=O)CCn1ccnc1. The largest absolute Gasteiger partial charge is 0.467 e. The molecule has 0 fully saturated rings. The maximum atomic E-state index is 11.9. The van der Waals surface area contributed by atoms with Crippen molar-refractivity contribution < 1.29 is 14.3 Å². The summed E-state index contributed by atoms with van der Waals surface area (Å²) in [5.74, 6) is -0.709. The zero-order chi connectivity index (χ0) is 15.1. The summed E-state index contributed by atoms with van der Waals surface area (Å²) in [7, 11) is 1.29. The molecule has 0 bridgehead atoms. The van der Waals surface area contributed by atoms with E-state index >= 15 is 0 Å². The third kappa shape index (κ3) is 4.44. The maximum absolute atomic E-state index is 11.9. The number of ether oxygens (including phenoxy) is 1.